The van der Waals surface area contributed by atoms with Crippen LogP contribution >= 0.6 is 48.3 Å². The van der Waals surface area contributed by atoms with Crippen LogP contribution in [0.25, 0.3) is 0 Å². The standard InChI is InChI=1S/C30H26N2S4/c33-29(35-31(25-15-5-1-6-16-25)26-17-7-2-8-18-26)23-13-14-24-30(34)36-32(27-19-9-3-10-20-27)28-21-11-4-12-22-28/h1-22H,23-24H2/b14-13-. The van der Waals surface area contributed by atoms with Crippen molar-refractivity contribution in [2.24, 2.45) is 0 Å². The number of thiocarbonyl (C=S) groups is 2. The molecule has 0 aliphatic rings. The van der Waals surface area contributed by atoms with Crippen molar-refractivity contribution in [1.29, 1.82) is 0 Å². The molecule has 0 unspecified atom stereocenters. The molecule has 4 rings (SSSR count). The molecule has 0 aromatic heterocycles. The molecular formula is C30H26N2S4. The van der Waals surface area contributed by atoms with Gasteiger partial charge in [0.25, 0.3) is 0 Å². The lowest BCUT2D eigenvalue weighted by atomic mass is 10.3. The van der Waals surface area contributed by atoms with E-state index in [1.165, 1.54) is 0 Å². The number of hydrogen-bond acceptors (Lipinski definition) is 6. The van der Waals surface area contributed by atoms with E-state index in [4.69, 9.17) is 24.4 Å². The first-order valence-corrected chi connectivity index (χ1v) is 13.9. The van der Waals surface area contributed by atoms with Crippen LogP contribution in [0.3, 0.4) is 0 Å². The summed E-state index contributed by atoms with van der Waals surface area (Å²) in [6, 6.07) is 41.2. The molecule has 0 radical (unpaired) electrons. The molecule has 0 saturated heterocycles. The molecule has 36 heavy (non-hydrogen) atoms. The zero-order valence-electron chi connectivity index (χ0n) is 19.6. The third-order valence-electron chi connectivity index (χ3n) is 5.08. The number of allylic oxidation sites excluding steroid dienone is 2. The van der Waals surface area contributed by atoms with Crippen LogP contribution in [-0.2, 0) is 0 Å². The van der Waals surface area contributed by atoms with Crippen LogP contribution in [0.15, 0.2) is 133 Å². The average molecular weight is 543 g/mol. The molecule has 0 saturated carbocycles. The Morgan fingerprint density at radius 2 is 0.722 bits per heavy atom. The minimum Gasteiger partial charge on any atom is -0.280 e. The lowest BCUT2D eigenvalue weighted by molar-refractivity contribution is 1.42. The second-order valence-electron chi connectivity index (χ2n) is 7.74. The first kappa shape index (κ1) is 26.2. The van der Waals surface area contributed by atoms with Gasteiger partial charge in [-0.3, -0.25) is 8.61 Å². The molecule has 4 aromatic carbocycles. The highest BCUT2D eigenvalue weighted by Crippen LogP contribution is 2.35. The van der Waals surface area contributed by atoms with E-state index in [1.807, 2.05) is 72.8 Å². The summed E-state index contributed by atoms with van der Waals surface area (Å²) in [5.74, 6) is 0. The predicted molar refractivity (Wildman–Crippen MR) is 169 cm³/mol. The summed E-state index contributed by atoms with van der Waals surface area (Å²) in [7, 11) is 0. The third kappa shape index (κ3) is 7.80. The molecule has 6 heteroatoms. The summed E-state index contributed by atoms with van der Waals surface area (Å²) >= 11 is 14.6. The molecule has 0 aliphatic carbocycles. The Bertz CT molecular complexity index is 1080. The molecule has 0 amide bonds. The Morgan fingerprint density at radius 3 is 0.972 bits per heavy atom. The number of anilines is 4. The molecule has 0 fully saturated rings. The van der Waals surface area contributed by atoms with Gasteiger partial charge in [0.2, 0.25) is 0 Å². The summed E-state index contributed by atoms with van der Waals surface area (Å²) in [5, 5.41) is 0. The Morgan fingerprint density at radius 1 is 0.472 bits per heavy atom. The van der Waals surface area contributed by atoms with Gasteiger partial charge in [0.1, 0.15) is 0 Å². The molecule has 0 atom stereocenters. The van der Waals surface area contributed by atoms with Crippen LogP contribution in [0.4, 0.5) is 22.7 Å². The normalized spacial score (nSPS) is 10.8. The van der Waals surface area contributed by atoms with Gasteiger partial charge in [-0.25, -0.2) is 0 Å². The summed E-state index contributed by atoms with van der Waals surface area (Å²) in [4.78, 5) is 0. The predicted octanol–water partition coefficient (Wildman–Crippen LogP) is 9.95. The lowest BCUT2D eigenvalue weighted by Gasteiger charge is -2.23. The van der Waals surface area contributed by atoms with Gasteiger partial charge in [-0.05, 0) is 48.5 Å². The number of para-hydroxylation sites is 4. The summed E-state index contributed by atoms with van der Waals surface area (Å²) in [6.07, 6.45) is 5.63. The van der Waals surface area contributed by atoms with Crippen molar-refractivity contribution in [1.82, 2.24) is 0 Å². The van der Waals surface area contributed by atoms with Gasteiger partial charge < -0.3 is 0 Å². The van der Waals surface area contributed by atoms with E-state index in [0.717, 1.165) is 31.1 Å². The molecule has 0 spiro atoms. The zero-order valence-corrected chi connectivity index (χ0v) is 22.9. The van der Waals surface area contributed by atoms with Crippen LogP contribution in [0, 0.1) is 0 Å². The first-order chi connectivity index (χ1) is 17.7. The van der Waals surface area contributed by atoms with Crippen molar-refractivity contribution in [3.63, 3.8) is 0 Å². The van der Waals surface area contributed by atoms with Crippen LogP contribution in [0.2, 0.25) is 0 Å². The quantitative estimate of drug-likeness (QED) is 0.111. The van der Waals surface area contributed by atoms with E-state index < -0.39 is 0 Å². The minimum atomic E-state index is 0.699. The molecule has 0 N–H and O–H groups in total. The summed E-state index contributed by atoms with van der Waals surface area (Å²) in [6.45, 7) is 0. The lowest BCUT2D eigenvalue weighted by Crippen LogP contribution is -2.10. The Kier molecular flexibility index (Phi) is 10.2. The number of benzene rings is 4. The van der Waals surface area contributed by atoms with E-state index in [-0.39, 0.29) is 0 Å². The molecule has 0 heterocycles. The molecule has 180 valence electrons. The van der Waals surface area contributed by atoms with Gasteiger partial charge in [0, 0.05) is 36.7 Å². The van der Waals surface area contributed by atoms with Gasteiger partial charge in [-0.1, -0.05) is 109 Å². The van der Waals surface area contributed by atoms with E-state index >= 15 is 0 Å². The second-order valence-corrected chi connectivity index (χ2v) is 11.3. The van der Waals surface area contributed by atoms with E-state index in [0.29, 0.717) is 12.8 Å². The second kappa shape index (κ2) is 14.0. The number of nitrogens with zero attached hydrogens (tertiary/aromatic N) is 2. The van der Waals surface area contributed by atoms with Crippen LogP contribution < -0.4 is 8.61 Å². The molecule has 0 bridgehead atoms. The van der Waals surface area contributed by atoms with Crippen molar-refractivity contribution in [3.8, 4) is 0 Å². The fraction of sp³-hybridized carbons (Fsp3) is 0.0667. The van der Waals surface area contributed by atoms with Gasteiger partial charge in [-0.2, -0.15) is 0 Å². The van der Waals surface area contributed by atoms with Crippen LogP contribution in [-0.4, -0.2) is 8.39 Å². The Hall–Kier alpha value is -2.90. The van der Waals surface area contributed by atoms with Crippen molar-refractivity contribution >= 4 is 79.5 Å². The zero-order chi connectivity index (χ0) is 25.0. The van der Waals surface area contributed by atoms with Gasteiger partial charge >= 0.3 is 0 Å². The van der Waals surface area contributed by atoms with Crippen molar-refractivity contribution in [2.75, 3.05) is 8.61 Å². The van der Waals surface area contributed by atoms with Gasteiger partial charge in [0.15, 0.2) is 0 Å². The minimum absolute atomic E-state index is 0.699. The molecule has 0 aliphatic heterocycles. The Labute approximate surface area is 233 Å². The maximum absolute atomic E-state index is 5.73. The molecule has 4 aromatic rings. The average Bonchev–Trinajstić information content (AvgIpc) is 2.94. The Balaban J connectivity index is 1.34. The van der Waals surface area contributed by atoms with Crippen LogP contribution in [0.1, 0.15) is 12.8 Å². The fourth-order valence-electron chi connectivity index (χ4n) is 3.40. The van der Waals surface area contributed by atoms with E-state index in [2.05, 4.69) is 69.3 Å². The highest BCUT2D eigenvalue weighted by Gasteiger charge is 2.13. The monoisotopic (exact) mass is 542 g/mol. The fourth-order valence-corrected chi connectivity index (χ4v) is 5.70. The summed E-state index contributed by atoms with van der Waals surface area (Å²) in [5.41, 5.74) is 4.39. The van der Waals surface area contributed by atoms with Gasteiger partial charge in [-0.15, -0.1) is 0 Å². The molecular weight excluding hydrogens is 517 g/mol. The van der Waals surface area contributed by atoms with Crippen molar-refractivity contribution < 1.29 is 0 Å². The number of hydrogen-bond donors (Lipinski definition) is 0. The van der Waals surface area contributed by atoms with Gasteiger partial charge in [0.05, 0.1) is 31.1 Å². The highest BCUT2D eigenvalue weighted by molar-refractivity contribution is 8.24. The van der Waals surface area contributed by atoms with Crippen molar-refractivity contribution in [3.05, 3.63) is 133 Å². The first-order valence-electron chi connectivity index (χ1n) is 11.6. The van der Waals surface area contributed by atoms with E-state index in [1.54, 1.807) is 23.9 Å². The van der Waals surface area contributed by atoms with E-state index in [9.17, 15) is 0 Å². The third-order valence-corrected chi connectivity index (χ3v) is 7.81. The maximum Gasteiger partial charge on any atom is 0.0732 e. The smallest absolute Gasteiger partial charge is 0.0732 e. The largest absolute Gasteiger partial charge is 0.280 e. The van der Waals surface area contributed by atoms with Crippen LogP contribution in [0.5, 0.6) is 0 Å². The molecule has 2 nitrogen and oxygen atoms in total. The maximum atomic E-state index is 5.73. The number of rotatable bonds is 10. The summed E-state index contributed by atoms with van der Waals surface area (Å²) < 4.78 is 6.14. The highest BCUT2D eigenvalue weighted by atomic mass is 32.2. The SMILES string of the molecule is S=C(C/C=C\CC(=S)SN(c1ccccc1)c1ccccc1)SN(c1ccccc1)c1ccccc1. The topological polar surface area (TPSA) is 6.48 Å². The van der Waals surface area contributed by atoms with Crippen molar-refractivity contribution in [2.45, 2.75) is 12.8 Å².